The van der Waals surface area contributed by atoms with E-state index >= 15 is 0 Å². The van der Waals surface area contributed by atoms with E-state index in [1.807, 2.05) is 18.2 Å². The van der Waals surface area contributed by atoms with Crippen LogP contribution in [-0.2, 0) is 4.79 Å². The van der Waals surface area contributed by atoms with Gasteiger partial charge in [0.25, 0.3) is 0 Å². The highest BCUT2D eigenvalue weighted by atomic mass is 35.5. The number of benzene rings is 1. The van der Waals surface area contributed by atoms with Gasteiger partial charge >= 0.3 is 5.97 Å². The molecule has 0 spiro atoms. The second-order valence-corrected chi connectivity index (χ2v) is 10.1. The highest BCUT2D eigenvalue weighted by molar-refractivity contribution is 6.33. The number of piperidine rings is 1. The maximum Gasteiger partial charge on any atom is 0.305 e. The SMILES string of the molecule is COc1cc(N2CCC(Oc3ccc(N4C[C@H](C)[C@@H](C)[C@@H]4CC(=O)O)cc3)C(C)C2)c(Cl)cn1. The highest BCUT2D eigenvalue weighted by Gasteiger charge is 2.38. The maximum absolute atomic E-state index is 11.4. The molecule has 34 heavy (non-hydrogen) atoms. The number of carboxylic acid groups (broad SMARTS) is 1. The van der Waals surface area contributed by atoms with Crippen molar-refractivity contribution in [3.05, 3.63) is 41.6 Å². The average molecular weight is 488 g/mol. The van der Waals surface area contributed by atoms with Crippen molar-refractivity contribution in [3.8, 4) is 11.6 Å². The van der Waals surface area contributed by atoms with Crippen molar-refractivity contribution in [2.24, 2.45) is 17.8 Å². The summed E-state index contributed by atoms with van der Waals surface area (Å²) in [6.07, 6.45) is 2.78. The van der Waals surface area contributed by atoms with Gasteiger partial charge in [-0.25, -0.2) is 4.98 Å². The van der Waals surface area contributed by atoms with Gasteiger partial charge in [-0.2, -0.15) is 0 Å². The van der Waals surface area contributed by atoms with Crippen LogP contribution in [0, 0.1) is 17.8 Å². The van der Waals surface area contributed by atoms with Gasteiger partial charge < -0.3 is 24.4 Å². The normalized spacial score (nSPS) is 27.0. The number of hydrogen-bond acceptors (Lipinski definition) is 6. The standard InChI is InChI=1S/C26H34ClN3O4/c1-16-15-30(22(18(16)3)12-26(31)32)19-5-7-20(8-6-19)34-24-9-10-29(14-17(24)2)23-11-25(33-4)28-13-21(23)27/h5-8,11,13,16-18,22,24H,9-10,12,14-15H2,1-4H3,(H,31,32)/t16-,17?,18+,22-,24?/m0/s1. The smallest absolute Gasteiger partial charge is 0.305 e. The molecule has 2 aromatic rings. The fourth-order valence-electron chi connectivity index (χ4n) is 5.22. The van der Waals surface area contributed by atoms with Crippen molar-refractivity contribution in [1.82, 2.24) is 4.98 Å². The molecule has 2 aliphatic rings. The van der Waals surface area contributed by atoms with E-state index in [-0.39, 0.29) is 18.6 Å². The van der Waals surface area contributed by atoms with E-state index in [9.17, 15) is 9.90 Å². The molecule has 184 valence electrons. The van der Waals surface area contributed by atoms with E-state index in [0.29, 0.717) is 28.7 Å². The van der Waals surface area contributed by atoms with Crippen LogP contribution in [0.15, 0.2) is 36.5 Å². The van der Waals surface area contributed by atoms with Gasteiger partial charge in [0.2, 0.25) is 5.88 Å². The number of methoxy groups -OCH3 is 1. The van der Waals surface area contributed by atoms with Gasteiger partial charge in [0, 0.05) is 49.8 Å². The van der Waals surface area contributed by atoms with Crippen molar-refractivity contribution < 1.29 is 19.4 Å². The number of carboxylic acids is 1. The second-order valence-electron chi connectivity index (χ2n) is 9.69. The van der Waals surface area contributed by atoms with Gasteiger partial charge in [-0.3, -0.25) is 4.79 Å². The van der Waals surface area contributed by atoms with Crippen molar-refractivity contribution in [1.29, 1.82) is 0 Å². The van der Waals surface area contributed by atoms with Gasteiger partial charge in [0.05, 0.1) is 30.4 Å². The molecule has 0 aliphatic carbocycles. The monoisotopic (exact) mass is 487 g/mol. The molecule has 1 aromatic carbocycles. The Bertz CT molecular complexity index is 1000. The lowest BCUT2D eigenvalue weighted by Gasteiger charge is -2.38. The first-order valence-corrected chi connectivity index (χ1v) is 12.3. The van der Waals surface area contributed by atoms with E-state index < -0.39 is 5.97 Å². The summed E-state index contributed by atoms with van der Waals surface area (Å²) in [4.78, 5) is 20.1. The summed E-state index contributed by atoms with van der Waals surface area (Å²) in [5.41, 5.74) is 1.99. The minimum Gasteiger partial charge on any atom is -0.490 e. The van der Waals surface area contributed by atoms with Crippen LogP contribution >= 0.6 is 11.6 Å². The molecule has 4 rings (SSSR count). The number of ether oxygens (including phenoxy) is 2. The van der Waals surface area contributed by atoms with Crippen LogP contribution in [0.3, 0.4) is 0 Å². The summed E-state index contributed by atoms with van der Waals surface area (Å²) in [6.45, 7) is 9.08. The Labute approximate surface area is 206 Å². The minimum atomic E-state index is -0.747. The third-order valence-corrected chi connectivity index (χ3v) is 7.71. The lowest BCUT2D eigenvalue weighted by molar-refractivity contribution is -0.137. The Morgan fingerprint density at radius 3 is 2.56 bits per heavy atom. The van der Waals surface area contributed by atoms with E-state index in [4.69, 9.17) is 21.1 Å². The molecule has 7 nitrogen and oxygen atoms in total. The molecule has 8 heteroatoms. The number of aromatic nitrogens is 1. The zero-order valence-electron chi connectivity index (χ0n) is 20.3. The number of halogens is 1. The first-order valence-electron chi connectivity index (χ1n) is 12.0. The third kappa shape index (κ3) is 5.19. The van der Waals surface area contributed by atoms with Gasteiger partial charge in [-0.15, -0.1) is 0 Å². The molecule has 1 N–H and O–H groups in total. The number of hydrogen-bond donors (Lipinski definition) is 1. The van der Waals surface area contributed by atoms with Gasteiger partial charge in [-0.1, -0.05) is 32.4 Å². The summed E-state index contributed by atoms with van der Waals surface area (Å²) in [5, 5.41) is 9.98. The zero-order chi connectivity index (χ0) is 24.4. The summed E-state index contributed by atoms with van der Waals surface area (Å²) in [6, 6.07) is 10.0. The number of rotatable bonds is 7. The number of carbonyl (C=O) groups is 1. The van der Waals surface area contributed by atoms with E-state index in [1.165, 1.54) is 0 Å². The largest absolute Gasteiger partial charge is 0.490 e. The van der Waals surface area contributed by atoms with Crippen molar-refractivity contribution >= 4 is 28.9 Å². The topological polar surface area (TPSA) is 75.1 Å². The van der Waals surface area contributed by atoms with Crippen LogP contribution in [0.4, 0.5) is 11.4 Å². The molecule has 3 heterocycles. The molecule has 1 aromatic heterocycles. The molecule has 5 atom stereocenters. The van der Waals surface area contributed by atoms with Crippen LogP contribution in [0.5, 0.6) is 11.6 Å². The van der Waals surface area contributed by atoms with Gasteiger partial charge in [0.15, 0.2) is 0 Å². The molecule has 0 saturated carbocycles. The van der Waals surface area contributed by atoms with Crippen LogP contribution in [0.2, 0.25) is 5.02 Å². The Balaban J connectivity index is 1.39. The molecular formula is C26H34ClN3O4. The first-order chi connectivity index (χ1) is 16.3. The molecule has 0 radical (unpaired) electrons. The lowest BCUT2D eigenvalue weighted by Crippen LogP contribution is -2.44. The number of aliphatic carboxylic acids is 1. The molecule has 2 fully saturated rings. The van der Waals surface area contributed by atoms with E-state index in [1.54, 1.807) is 13.3 Å². The van der Waals surface area contributed by atoms with Crippen LogP contribution in [0.1, 0.15) is 33.6 Å². The Hall–Kier alpha value is -2.67. The summed E-state index contributed by atoms with van der Waals surface area (Å²) in [5.74, 6) is 1.75. The fourth-order valence-corrected chi connectivity index (χ4v) is 5.44. The Kier molecular flexibility index (Phi) is 7.41. The molecule has 2 unspecified atom stereocenters. The first kappa shape index (κ1) is 24.5. The van der Waals surface area contributed by atoms with Crippen molar-refractivity contribution in [2.75, 3.05) is 36.5 Å². The van der Waals surface area contributed by atoms with Gasteiger partial charge in [0.1, 0.15) is 11.9 Å². The quantitative estimate of drug-likeness (QED) is 0.590. The summed E-state index contributed by atoms with van der Waals surface area (Å²) < 4.78 is 11.6. The Morgan fingerprint density at radius 1 is 1.18 bits per heavy atom. The van der Waals surface area contributed by atoms with E-state index in [0.717, 1.165) is 43.2 Å². The second kappa shape index (κ2) is 10.3. The van der Waals surface area contributed by atoms with Crippen LogP contribution in [0.25, 0.3) is 0 Å². The predicted molar refractivity (Wildman–Crippen MR) is 134 cm³/mol. The number of nitrogens with zero attached hydrogens (tertiary/aromatic N) is 3. The Morgan fingerprint density at radius 2 is 1.91 bits per heavy atom. The summed E-state index contributed by atoms with van der Waals surface area (Å²) >= 11 is 6.40. The fraction of sp³-hybridized carbons (Fsp3) is 0.538. The number of anilines is 2. The molecule has 0 bridgehead atoms. The van der Waals surface area contributed by atoms with Gasteiger partial charge in [-0.05, 0) is 36.1 Å². The lowest BCUT2D eigenvalue weighted by atomic mass is 9.92. The average Bonchev–Trinajstić information content (AvgIpc) is 3.09. The van der Waals surface area contributed by atoms with Crippen LogP contribution < -0.4 is 19.3 Å². The predicted octanol–water partition coefficient (Wildman–Crippen LogP) is 4.97. The zero-order valence-corrected chi connectivity index (χ0v) is 21.0. The number of pyridine rings is 1. The maximum atomic E-state index is 11.4. The third-order valence-electron chi connectivity index (χ3n) is 7.42. The highest BCUT2D eigenvalue weighted by Crippen LogP contribution is 2.37. The molecule has 2 aliphatic heterocycles. The van der Waals surface area contributed by atoms with Crippen molar-refractivity contribution in [2.45, 2.75) is 45.8 Å². The van der Waals surface area contributed by atoms with Crippen molar-refractivity contribution in [3.63, 3.8) is 0 Å². The molecule has 0 amide bonds. The summed E-state index contributed by atoms with van der Waals surface area (Å²) in [7, 11) is 1.60. The minimum absolute atomic E-state index is 0.0160. The van der Waals surface area contributed by atoms with E-state index in [2.05, 4.69) is 47.7 Å². The molecule has 2 saturated heterocycles. The molecular weight excluding hydrogens is 454 g/mol. The van der Waals surface area contributed by atoms with Crippen LogP contribution in [-0.4, -0.2) is 54.9 Å².